The Morgan fingerprint density at radius 2 is 0.778 bits per heavy atom. The lowest BCUT2D eigenvalue weighted by molar-refractivity contribution is -0.159. The molecule has 6 nitrogen and oxygen atoms in total. The zero-order valence-electron chi connectivity index (χ0n) is 18.2. The molecule has 1 heterocycles. The molecule has 6 heteroatoms. The summed E-state index contributed by atoms with van der Waals surface area (Å²) >= 11 is 0. The van der Waals surface area contributed by atoms with Crippen molar-refractivity contribution in [2.24, 2.45) is 17.8 Å². The second-order valence-corrected chi connectivity index (χ2v) is 9.02. The molecule has 1 rings (SSSR count). The van der Waals surface area contributed by atoms with Gasteiger partial charge in [-0.2, -0.15) is 0 Å². The van der Waals surface area contributed by atoms with E-state index in [0.717, 1.165) is 19.3 Å². The molecular weight excluding hydrogens is 342 g/mol. The summed E-state index contributed by atoms with van der Waals surface area (Å²) in [5.74, 6) is 1.41. The van der Waals surface area contributed by atoms with Crippen molar-refractivity contribution in [3.05, 3.63) is 0 Å². The molecule has 0 radical (unpaired) electrons. The third-order valence-electron chi connectivity index (χ3n) is 4.89. The van der Waals surface area contributed by atoms with E-state index in [1.807, 2.05) is 0 Å². The zero-order valence-corrected chi connectivity index (χ0v) is 18.2. The quantitative estimate of drug-likeness (QED) is 0.612. The lowest BCUT2D eigenvalue weighted by atomic mass is 10.1. The summed E-state index contributed by atoms with van der Waals surface area (Å²) < 4.78 is 0. The van der Waals surface area contributed by atoms with E-state index < -0.39 is 0 Å². The minimum atomic E-state index is 0.0201. The minimum Gasteiger partial charge on any atom is -0.307 e. The molecule has 156 valence electrons. The Hall–Kier alpha value is -1.59. The Bertz CT molecular complexity index is 426. The van der Waals surface area contributed by atoms with E-state index in [2.05, 4.69) is 41.5 Å². The molecule has 3 amide bonds. The number of amides is 3. The van der Waals surface area contributed by atoms with Gasteiger partial charge in [0.25, 0.3) is 0 Å². The smallest absolute Gasteiger partial charge is 0.225 e. The van der Waals surface area contributed by atoms with Crippen LogP contribution in [-0.4, -0.2) is 52.4 Å². The third kappa shape index (κ3) is 8.76. The average Bonchev–Trinajstić information content (AvgIpc) is 2.61. The third-order valence-corrected chi connectivity index (χ3v) is 4.89. The topological polar surface area (TPSA) is 60.9 Å². The standard InChI is InChI=1S/C21H39N3O3/c1-16(2)7-10-19(25)22-13-23(20(26)11-8-17(3)4)15-24(14-22)21(27)12-9-18(5)6/h16-18H,7-15H2,1-6H3. The van der Waals surface area contributed by atoms with Crippen molar-refractivity contribution in [1.82, 2.24) is 14.7 Å². The molecule has 0 spiro atoms. The second kappa shape index (κ2) is 11.3. The van der Waals surface area contributed by atoms with Crippen molar-refractivity contribution >= 4 is 17.7 Å². The van der Waals surface area contributed by atoms with Crippen LogP contribution in [0.25, 0.3) is 0 Å². The number of nitrogens with zero attached hydrogens (tertiary/aromatic N) is 3. The van der Waals surface area contributed by atoms with E-state index in [-0.39, 0.29) is 17.7 Å². The Morgan fingerprint density at radius 1 is 0.556 bits per heavy atom. The van der Waals surface area contributed by atoms with Gasteiger partial charge in [-0.25, -0.2) is 0 Å². The maximum Gasteiger partial charge on any atom is 0.225 e. The number of carbonyl (C=O) groups is 3. The molecule has 1 aliphatic rings. The first kappa shape index (κ1) is 23.4. The highest BCUT2D eigenvalue weighted by molar-refractivity contribution is 5.82. The van der Waals surface area contributed by atoms with Crippen molar-refractivity contribution in [2.75, 3.05) is 20.0 Å². The molecular formula is C21H39N3O3. The van der Waals surface area contributed by atoms with Gasteiger partial charge in [0.15, 0.2) is 0 Å². The molecule has 0 unspecified atom stereocenters. The Labute approximate surface area is 165 Å². The van der Waals surface area contributed by atoms with Crippen LogP contribution in [0.15, 0.2) is 0 Å². The van der Waals surface area contributed by atoms with Gasteiger partial charge < -0.3 is 14.7 Å². The predicted octanol–water partition coefficient (Wildman–Crippen LogP) is 3.67. The first-order valence-corrected chi connectivity index (χ1v) is 10.4. The van der Waals surface area contributed by atoms with Gasteiger partial charge in [-0.15, -0.1) is 0 Å². The first-order valence-electron chi connectivity index (χ1n) is 10.4. The summed E-state index contributed by atoms with van der Waals surface area (Å²) in [5, 5.41) is 0. The number of carbonyl (C=O) groups excluding carboxylic acids is 3. The molecule has 0 aromatic heterocycles. The van der Waals surface area contributed by atoms with E-state index in [9.17, 15) is 14.4 Å². The van der Waals surface area contributed by atoms with Crippen molar-refractivity contribution < 1.29 is 14.4 Å². The first-order chi connectivity index (χ1) is 12.6. The molecule has 0 atom stereocenters. The van der Waals surface area contributed by atoms with Gasteiger partial charge in [0.2, 0.25) is 17.7 Å². The van der Waals surface area contributed by atoms with Crippen LogP contribution in [0.3, 0.4) is 0 Å². The fraction of sp³-hybridized carbons (Fsp3) is 0.857. The van der Waals surface area contributed by atoms with Crippen molar-refractivity contribution in [2.45, 2.75) is 80.1 Å². The molecule has 27 heavy (non-hydrogen) atoms. The van der Waals surface area contributed by atoms with E-state index in [1.54, 1.807) is 14.7 Å². The molecule has 0 saturated carbocycles. The highest BCUT2D eigenvalue weighted by Gasteiger charge is 2.31. The fourth-order valence-corrected chi connectivity index (χ4v) is 2.94. The van der Waals surface area contributed by atoms with Gasteiger partial charge in [-0.05, 0) is 37.0 Å². The molecule has 0 aromatic carbocycles. The highest BCUT2D eigenvalue weighted by Crippen LogP contribution is 2.17. The maximum absolute atomic E-state index is 12.6. The summed E-state index contributed by atoms with van der Waals surface area (Å²) in [7, 11) is 0. The van der Waals surface area contributed by atoms with Crippen molar-refractivity contribution in [3.8, 4) is 0 Å². The molecule has 1 saturated heterocycles. The van der Waals surface area contributed by atoms with Crippen LogP contribution in [0.2, 0.25) is 0 Å². The molecule has 1 aliphatic heterocycles. The Balaban J connectivity index is 2.79. The van der Waals surface area contributed by atoms with E-state index >= 15 is 0 Å². The van der Waals surface area contributed by atoms with Crippen molar-refractivity contribution in [3.63, 3.8) is 0 Å². The van der Waals surface area contributed by atoms with E-state index in [1.165, 1.54) is 0 Å². The molecule has 0 aromatic rings. The van der Waals surface area contributed by atoms with E-state index in [4.69, 9.17) is 0 Å². The summed E-state index contributed by atoms with van der Waals surface area (Å²) in [5.41, 5.74) is 0. The summed E-state index contributed by atoms with van der Waals surface area (Å²) in [6.07, 6.45) is 3.83. The van der Waals surface area contributed by atoms with Gasteiger partial charge in [-0.1, -0.05) is 41.5 Å². The molecule has 0 N–H and O–H groups in total. The lowest BCUT2D eigenvalue weighted by Gasteiger charge is -2.42. The molecule has 1 fully saturated rings. The number of hydrogen-bond donors (Lipinski definition) is 0. The van der Waals surface area contributed by atoms with Gasteiger partial charge in [0.1, 0.15) is 0 Å². The predicted molar refractivity (Wildman–Crippen MR) is 107 cm³/mol. The van der Waals surface area contributed by atoms with Crippen LogP contribution in [-0.2, 0) is 14.4 Å². The number of hydrogen-bond acceptors (Lipinski definition) is 3. The van der Waals surface area contributed by atoms with Crippen LogP contribution in [0.5, 0.6) is 0 Å². The van der Waals surface area contributed by atoms with Crippen LogP contribution in [0, 0.1) is 17.8 Å². The molecule has 0 bridgehead atoms. The summed E-state index contributed by atoms with van der Waals surface area (Å²) in [6, 6.07) is 0. The van der Waals surface area contributed by atoms with Crippen molar-refractivity contribution in [1.29, 1.82) is 0 Å². The molecule has 0 aliphatic carbocycles. The zero-order chi connectivity index (χ0) is 20.6. The second-order valence-electron chi connectivity index (χ2n) is 9.02. The Kier molecular flexibility index (Phi) is 9.81. The van der Waals surface area contributed by atoms with Crippen LogP contribution < -0.4 is 0 Å². The Morgan fingerprint density at radius 3 is 0.963 bits per heavy atom. The lowest BCUT2D eigenvalue weighted by Crippen LogP contribution is -2.59. The fourth-order valence-electron chi connectivity index (χ4n) is 2.94. The van der Waals surface area contributed by atoms with Crippen LogP contribution in [0.4, 0.5) is 0 Å². The minimum absolute atomic E-state index is 0.0201. The maximum atomic E-state index is 12.6. The normalized spacial score (nSPS) is 15.2. The average molecular weight is 382 g/mol. The summed E-state index contributed by atoms with van der Waals surface area (Å²) in [6.45, 7) is 13.4. The number of rotatable bonds is 9. The van der Waals surface area contributed by atoms with Gasteiger partial charge in [0, 0.05) is 19.3 Å². The van der Waals surface area contributed by atoms with Gasteiger partial charge in [-0.3, -0.25) is 14.4 Å². The monoisotopic (exact) mass is 381 g/mol. The van der Waals surface area contributed by atoms with E-state index in [0.29, 0.717) is 57.0 Å². The van der Waals surface area contributed by atoms with Crippen LogP contribution >= 0.6 is 0 Å². The SMILES string of the molecule is CC(C)CCC(=O)N1CN(C(=O)CCC(C)C)CN(C(=O)CCC(C)C)C1. The summed E-state index contributed by atoms with van der Waals surface area (Å²) in [4.78, 5) is 42.8. The largest absolute Gasteiger partial charge is 0.307 e. The van der Waals surface area contributed by atoms with Gasteiger partial charge >= 0.3 is 0 Å². The highest BCUT2D eigenvalue weighted by atomic mass is 16.2. The van der Waals surface area contributed by atoms with Crippen LogP contribution in [0.1, 0.15) is 80.1 Å². The van der Waals surface area contributed by atoms with Gasteiger partial charge in [0.05, 0.1) is 20.0 Å².